The van der Waals surface area contributed by atoms with Gasteiger partial charge in [0.25, 0.3) is 11.7 Å². The average molecular weight is 286 g/mol. The third kappa shape index (κ3) is 2.61. The molecule has 0 aliphatic carbocycles. The van der Waals surface area contributed by atoms with Crippen LogP contribution in [0.2, 0.25) is 0 Å². The third-order valence-electron chi connectivity index (χ3n) is 3.99. The number of likely N-dealkylation sites (tertiary alicyclic amines) is 1. The lowest BCUT2D eigenvalue weighted by atomic mass is 9.97. The van der Waals surface area contributed by atoms with Crippen molar-refractivity contribution in [2.45, 2.75) is 18.8 Å². The second kappa shape index (κ2) is 5.55. The van der Waals surface area contributed by atoms with Crippen molar-refractivity contribution in [3.05, 3.63) is 42.2 Å². The number of nitrogens with zero attached hydrogens (tertiary/aromatic N) is 3. The van der Waals surface area contributed by atoms with E-state index >= 15 is 0 Å². The largest absolute Gasteiger partial charge is 0.348 e. The Balaban J connectivity index is 1.73. The lowest BCUT2D eigenvalue weighted by molar-refractivity contribution is -0.127. The van der Waals surface area contributed by atoms with Gasteiger partial charge in [0.05, 0.1) is 5.69 Å². The van der Waals surface area contributed by atoms with Crippen LogP contribution in [-0.2, 0) is 11.8 Å². The summed E-state index contributed by atoms with van der Waals surface area (Å²) >= 11 is 0. The minimum Gasteiger partial charge on any atom is -0.348 e. The molecule has 1 aliphatic heterocycles. The molecule has 2 aromatic heterocycles. The van der Waals surface area contributed by atoms with Crippen molar-refractivity contribution in [2.75, 3.05) is 13.1 Å². The van der Waals surface area contributed by atoms with Crippen LogP contribution in [0.1, 0.15) is 35.1 Å². The molecule has 0 aromatic carbocycles. The van der Waals surface area contributed by atoms with Gasteiger partial charge in [0.1, 0.15) is 5.82 Å². The standard InChI is InChI=1S/C15H18N4O2/c1-18-8-3-5-12(18)13(20)15(21)19-9-2-4-11(10-19)14-16-6-7-17-14/h3,5-8,11H,2,4,9-10H2,1H3,(H,16,17). The molecule has 0 bridgehead atoms. The van der Waals surface area contributed by atoms with Gasteiger partial charge in [-0.1, -0.05) is 0 Å². The van der Waals surface area contributed by atoms with Crippen molar-refractivity contribution in [2.24, 2.45) is 7.05 Å². The van der Waals surface area contributed by atoms with Crippen LogP contribution >= 0.6 is 0 Å². The van der Waals surface area contributed by atoms with E-state index in [0.29, 0.717) is 18.8 Å². The van der Waals surface area contributed by atoms with E-state index in [1.807, 2.05) is 0 Å². The van der Waals surface area contributed by atoms with Crippen molar-refractivity contribution < 1.29 is 9.59 Å². The number of ketones is 1. The first-order valence-corrected chi connectivity index (χ1v) is 7.11. The van der Waals surface area contributed by atoms with Crippen LogP contribution in [0.3, 0.4) is 0 Å². The quantitative estimate of drug-likeness (QED) is 0.683. The van der Waals surface area contributed by atoms with Crippen molar-refractivity contribution in [1.29, 1.82) is 0 Å². The highest BCUT2D eigenvalue weighted by molar-refractivity contribution is 6.42. The Bertz CT molecular complexity index is 644. The van der Waals surface area contributed by atoms with E-state index in [9.17, 15) is 9.59 Å². The van der Waals surface area contributed by atoms with Gasteiger partial charge in [-0.3, -0.25) is 9.59 Å². The molecule has 1 saturated heterocycles. The van der Waals surface area contributed by atoms with Crippen LogP contribution in [0, 0.1) is 0 Å². The number of hydrogen-bond acceptors (Lipinski definition) is 3. The zero-order valence-corrected chi connectivity index (χ0v) is 12.0. The number of amides is 1. The summed E-state index contributed by atoms with van der Waals surface area (Å²) in [7, 11) is 1.77. The molecule has 1 atom stereocenters. The number of carbonyl (C=O) groups excluding carboxylic acids is 2. The molecule has 6 heteroatoms. The number of hydrogen-bond donors (Lipinski definition) is 1. The average Bonchev–Trinajstić information content (AvgIpc) is 3.17. The molecule has 0 spiro atoms. The molecule has 110 valence electrons. The zero-order chi connectivity index (χ0) is 14.8. The minimum atomic E-state index is -0.442. The number of H-pyrrole nitrogens is 1. The van der Waals surface area contributed by atoms with Crippen LogP contribution in [0.5, 0.6) is 0 Å². The number of aromatic nitrogens is 3. The molecule has 2 aromatic rings. The molecule has 1 unspecified atom stereocenters. The first kappa shape index (κ1) is 13.6. The Kier molecular flexibility index (Phi) is 3.60. The van der Waals surface area contributed by atoms with Gasteiger partial charge in [0, 0.05) is 44.6 Å². The number of piperidine rings is 1. The number of carbonyl (C=O) groups is 2. The van der Waals surface area contributed by atoms with Crippen molar-refractivity contribution >= 4 is 11.7 Å². The van der Waals surface area contributed by atoms with Crippen LogP contribution < -0.4 is 0 Å². The van der Waals surface area contributed by atoms with Crippen LogP contribution in [0.4, 0.5) is 0 Å². The van der Waals surface area contributed by atoms with E-state index in [1.54, 1.807) is 47.2 Å². The Morgan fingerprint density at radius 3 is 2.95 bits per heavy atom. The fourth-order valence-corrected chi connectivity index (χ4v) is 2.84. The molecular weight excluding hydrogens is 268 g/mol. The molecule has 1 fully saturated rings. The second-order valence-electron chi connectivity index (χ2n) is 5.40. The first-order chi connectivity index (χ1) is 10.2. The lowest BCUT2D eigenvalue weighted by Crippen LogP contribution is -2.43. The maximum atomic E-state index is 12.4. The highest BCUT2D eigenvalue weighted by Crippen LogP contribution is 2.24. The molecule has 1 aliphatic rings. The molecule has 0 saturated carbocycles. The highest BCUT2D eigenvalue weighted by atomic mass is 16.2. The Morgan fingerprint density at radius 1 is 1.43 bits per heavy atom. The monoisotopic (exact) mass is 286 g/mol. The third-order valence-corrected chi connectivity index (χ3v) is 3.99. The maximum Gasteiger partial charge on any atom is 0.296 e. The van der Waals surface area contributed by atoms with Gasteiger partial charge in [0.15, 0.2) is 0 Å². The summed E-state index contributed by atoms with van der Waals surface area (Å²) in [5, 5.41) is 0. The van der Waals surface area contributed by atoms with Crippen LogP contribution in [-0.4, -0.2) is 44.2 Å². The van der Waals surface area contributed by atoms with E-state index in [0.717, 1.165) is 18.7 Å². The Morgan fingerprint density at radius 2 is 2.29 bits per heavy atom. The number of Topliss-reactive ketones (excluding diaryl/α,β-unsaturated/α-hetero) is 1. The number of imidazole rings is 1. The summed E-state index contributed by atoms with van der Waals surface area (Å²) in [6.07, 6.45) is 7.13. The molecular formula is C15H18N4O2. The molecule has 3 rings (SSSR count). The molecule has 6 nitrogen and oxygen atoms in total. The highest BCUT2D eigenvalue weighted by Gasteiger charge is 2.30. The summed E-state index contributed by atoms with van der Waals surface area (Å²) in [5.74, 6) is 0.202. The van der Waals surface area contributed by atoms with E-state index in [-0.39, 0.29) is 5.92 Å². The topological polar surface area (TPSA) is 71.0 Å². The van der Waals surface area contributed by atoms with E-state index in [1.165, 1.54) is 0 Å². The first-order valence-electron chi connectivity index (χ1n) is 7.11. The Hall–Kier alpha value is -2.37. The van der Waals surface area contributed by atoms with E-state index in [2.05, 4.69) is 9.97 Å². The van der Waals surface area contributed by atoms with E-state index in [4.69, 9.17) is 0 Å². The summed E-state index contributed by atoms with van der Waals surface area (Å²) in [5.41, 5.74) is 0.431. The van der Waals surface area contributed by atoms with E-state index < -0.39 is 11.7 Å². The van der Waals surface area contributed by atoms with Crippen molar-refractivity contribution in [1.82, 2.24) is 19.4 Å². The van der Waals surface area contributed by atoms with Crippen LogP contribution in [0.15, 0.2) is 30.7 Å². The fourth-order valence-electron chi connectivity index (χ4n) is 2.84. The van der Waals surface area contributed by atoms with Crippen molar-refractivity contribution in [3.63, 3.8) is 0 Å². The van der Waals surface area contributed by atoms with Gasteiger partial charge in [0.2, 0.25) is 0 Å². The number of aryl methyl sites for hydroxylation is 1. The predicted octanol–water partition coefficient (Wildman–Crippen LogP) is 1.34. The van der Waals surface area contributed by atoms with Gasteiger partial charge in [-0.05, 0) is 25.0 Å². The zero-order valence-electron chi connectivity index (χ0n) is 12.0. The van der Waals surface area contributed by atoms with Gasteiger partial charge in [-0.2, -0.15) is 0 Å². The smallest absolute Gasteiger partial charge is 0.296 e. The van der Waals surface area contributed by atoms with Gasteiger partial charge < -0.3 is 14.5 Å². The molecule has 3 heterocycles. The second-order valence-corrected chi connectivity index (χ2v) is 5.40. The summed E-state index contributed by atoms with van der Waals surface area (Å²) in [6.45, 7) is 1.18. The van der Waals surface area contributed by atoms with Crippen molar-refractivity contribution in [3.8, 4) is 0 Å². The Labute approximate surface area is 122 Å². The molecule has 21 heavy (non-hydrogen) atoms. The van der Waals surface area contributed by atoms with Gasteiger partial charge in [-0.25, -0.2) is 4.98 Å². The molecule has 0 radical (unpaired) electrons. The SMILES string of the molecule is Cn1cccc1C(=O)C(=O)N1CCCC(c2ncc[nH]2)C1. The number of aromatic amines is 1. The van der Waals surface area contributed by atoms with Gasteiger partial charge in [-0.15, -0.1) is 0 Å². The molecule has 1 amide bonds. The number of rotatable bonds is 3. The molecule has 1 N–H and O–H groups in total. The fraction of sp³-hybridized carbons (Fsp3) is 0.400. The number of nitrogens with one attached hydrogen (secondary N) is 1. The minimum absolute atomic E-state index is 0.180. The van der Waals surface area contributed by atoms with Gasteiger partial charge >= 0.3 is 0 Å². The summed E-state index contributed by atoms with van der Waals surface area (Å²) in [4.78, 5) is 33.7. The normalized spacial score (nSPS) is 18.7. The van der Waals surface area contributed by atoms with Crippen LogP contribution in [0.25, 0.3) is 0 Å². The summed E-state index contributed by atoms with van der Waals surface area (Å²) < 4.78 is 1.67. The summed E-state index contributed by atoms with van der Waals surface area (Å²) in [6, 6.07) is 3.44. The maximum absolute atomic E-state index is 12.4. The lowest BCUT2D eigenvalue weighted by Gasteiger charge is -2.31. The predicted molar refractivity (Wildman–Crippen MR) is 76.9 cm³/mol.